The van der Waals surface area contributed by atoms with E-state index in [0.717, 1.165) is 49.9 Å². The van der Waals surface area contributed by atoms with Crippen molar-refractivity contribution in [1.82, 2.24) is 8.61 Å². The molecule has 0 aromatic heterocycles. The van der Waals surface area contributed by atoms with Gasteiger partial charge in [0.2, 0.25) is 20.0 Å². The van der Waals surface area contributed by atoms with Gasteiger partial charge < -0.3 is 39.0 Å². The maximum Gasteiger partial charge on any atom is 0.341 e. The predicted octanol–water partition coefficient (Wildman–Crippen LogP) is 8.08. The first-order valence-electron chi connectivity index (χ1n) is 23.1. The summed E-state index contributed by atoms with van der Waals surface area (Å²) in [5.74, 6) is -1.12. The van der Waals surface area contributed by atoms with Crippen molar-refractivity contribution in [3.63, 3.8) is 0 Å². The number of thioether (sulfide) groups is 2. The van der Waals surface area contributed by atoms with Crippen molar-refractivity contribution < 1.29 is 55.6 Å². The summed E-state index contributed by atoms with van der Waals surface area (Å²) in [4.78, 5) is 29.5. The fraction of sp³-hybridized carbons (Fsp3) is 0.480. The molecule has 0 saturated carbocycles. The standard InChI is InChI=1S/2C25H34N2O6S2/c2*1-6-7-11-19-16-27(18-12-9-8-10-13-18)20-14-22(34-5)21(15-23(20)35(30,31)26(19)3)33-17-25(2,29)24(28)32-4/h2*8-10,12-15,19,29H,6-7,11,16-17H2,1-5H3/t2*19?,25-/m10/s1. The van der Waals surface area contributed by atoms with Gasteiger partial charge in [0.1, 0.15) is 34.5 Å². The molecule has 70 heavy (non-hydrogen) atoms. The molecular formula is C50H68N4O12S4. The van der Waals surface area contributed by atoms with E-state index < -0.39 is 43.2 Å². The molecule has 2 N–H and O–H groups in total. The number of para-hydroxylation sites is 2. The van der Waals surface area contributed by atoms with Gasteiger partial charge in [0.05, 0.1) is 35.4 Å². The summed E-state index contributed by atoms with van der Waals surface area (Å²) in [6, 6.07) is 25.6. The zero-order chi connectivity index (χ0) is 51.6. The van der Waals surface area contributed by atoms with Crippen LogP contribution in [0.3, 0.4) is 0 Å². The quantitative estimate of drug-likeness (QED) is 0.0717. The van der Waals surface area contributed by atoms with Crippen molar-refractivity contribution in [2.75, 3.05) is 76.9 Å². The summed E-state index contributed by atoms with van der Waals surface area (Å²) >= 11 is 2.79. The summed E-state index contributed by atoms with van der Waals surface area (Å²) in [6.45, 7) is 7.02. The highest BCUT2D eigenvalue weighted by molar-refractivity contribution is 7.99. The second-order valence-corrected chi connectivity index (χ2v) is 23.2. The largest absolute Gasteiger partial charge is 0.489 e. The predicted molar refractivity (Wildman–Crippen MR) is 276 cm³/mol. The molecule has 6 rings (SSSR count). The van der Waals surface area contributed by atoms with E-state index in [-0.39, 0.29) is 46.6 Å². The van der Waals surface area contributed by atoms with Crippen LogP contribution in [0.15, 0.2) is 105 Å². The molecule has 0 radical (unpaired) electrons. The summed E-state index contributed by atoms with van der Waals surface area (Å²) in [5, 5.41) is 20.8. The van der Waals surface area contributed by atoms with Crippen LogP contribution in [0.1, 0.15) is 66.2 Å². The molecule has 0 saturated heterocycles. The molecule has 20 heteroatoms. The maximum absolute atomic E-state index is 13.8. The monoisotopic (exact) mass is 1040 g/mol. The Morgan fingerprint density at radius 1 is 0.629 bits per heavy atom. The van der Waals surface area contributed by atoms with E-state index in [2.05, 4.69) is 23.3 Å². The second kappa shape index (κ2) is 24.3. The van der Waals surface area contributed by atoms with E-state index in [0.29, 0.717) is 34.3 Å². The number of aliphatic hydroxyl groups is 2. The van der Waals surface area contributed by atoms with Crippen LogP contribution in [0.25, 0.3) is 0 Å². The molecule has 4 aromatic rings. The highest BCUT2D eigenvalue weighted by Gasteiger charge is 2.41. The smallest absolute Gasteiger partial charge is 0.341 e. The number of esters is 2. The van der Waals surface area contributed by atoms with Crippen molar-refractivity contribution >= 4 is 78.3 Å². The van der Waals surface area contributed by atoms with E-state index in [9.17, 15) is 36.6 Å². The Morgan fingerprint density at radius 2 is 0.971 bits per heavy atom. The SMILES string of the molecule is CCCCC1CN(c2ccccc2)c2cc(SC)c(OC[C@@](C)(O)C(=O)OC)cc2S(=O)(=O)N1C.CCCCC1CN(c2ccccc2)c2cc(SC)c(OC[C@](C)(O)C(=O)OC)cc2S(=O)(=O)N1C. The molecule has 4 aromatic carbocycles. The van der Waals surface area contributed by atoms with Gasteiger partial charge in [-0.2, -0.15) is 8.61 Å². The lowest BCUT2D eigenvalue weighted by molar-refractivity contribution is -0.163. The molecular weight excluding hydrogens is 977 g/mol. The van der Waals surface area contributed by atoms with Crippen molar-refractivity contribution in [1.29, 1.82) is 0 Å². The van der Waals surface area contributed by atoms with Crippen LogP contribution < -0.4 is 19.3 Å². The number of carbonyl (C=O) groups is 2. The third-order valence-corrected chi connectivity index (χ3v) is 17.8. The molecule has 4 atom stereocenters. The fourth-order valence-electron chi connectivity index (χ4n) is 8.12. The van der Waals surface area contributed by atoms with Gasteiger partial charge in [-0.25, -0.2) is 26.4 Å². The van der Waals surface area contributed by atoms with Crippen LogP contribution in [0.5, 0.6) is 11.5 Å². The Hall–Kier alpha value is -4.54. The minimum atomic E-state index is -3.85. The van der Waals surface area contributed by atoms with Crippen LogP contribution in [-0.2, 0) is 39.1 Å². The summed E-state index contributed by atoms with van der Waals surface area (Å²) in [5.41, 5.74) is -0.829. The number of anilines is 4. The van der Waals surface area contributed by atoms with Crippen LogP contribution in [0, 0.1) is 0 Å². The summed E-state index contributed by atoms with van der Waals surface area (Å²) in [6.07, 6.45) is 8.97. The third kappa shape index (κ3) is 12.7. The lowest BCUT2D eigenvalue weighted by atomic mass is 10.1. The van der Waals surface area contributed by atoms with Gasteiger partial charge in [-0.1, -0.05) is 75.9 Å². The van der Waals surface area contributed by atoms with E-state index in [4.69, 9.17) is 9.47 Å². The molecule has 2 aliphatic heterocycles. The Labute approximate surface area is 422 Å². The fourth-order valence-corrected chi connectivity index (χ4v) is 12.3. The highest BCUT2D eigenvalue weighted by atomic mass is 32.2. The molecule has 0 bridgehead atoms. The van der Waals surface area contributed by atoms with Gasteiger partial charge in [-0.3, -0.25) is 0 Å². The number of nitrogens with zero attached hydrogens (tertiary/aromatic N) is 4. The zero-order valence-corrected chi connectivity index (χ0v) is 45.0. The molecule has 0 fully saturated rings. The molecule has 2 aliphatic rings. The van der Waals surface area contributed by atoms with Crippen molar-refractivity contribution in [2.45, 2.75) is 109 Å². The lowest BCUT2D eigenvalue weighted by Gasteiger charge is -2.29. The number of hydrogen-bond acceptors (Lipinski definition) is 16. The number of rotatable bonds is 18. The first-order valence-corrected chi connectivity index (χ1v) is 28.4. The van der Waals surface area contributed by atoms with Gasteiger partial charge in [0.15, 0.2) is 11.2 Å². The van der Waals surface area contributed by atoms with E-state index in [1.807, 2.05) is 95.1 Å². The molecule has 2 unspecified atom stereocenters. The topological polar surface area (TPSA) is 193 Å². The van der Waals surface area contributed by atoms with E-state index in [1.165, 1.54) is 72.3 Å². The van der Waals surface area contributed by atoms with Crippen LogP contribution in [-0.4, -0.2) is 138 Å². The number of carbonyl (C=O) groups excluding carboxylic acids is 2. The van der Waals surface area contributed by atoms with E-state index >= 15 is 0 Å². The van der Waals surface area contributed by atoms with Crippen molar-refractivity contribution in [3.8, 4) is 11.5 Å². The maximum atomic E-state index is 13.8. The molecule has 0 amide bonds. The normalized spacial score (nSPS) is 19.4. The van der Waals surface area contributed by atoms with Gasteiger partial charge in [-0.05, 0) is 75.6 Å². The van der Waals surface area contributed by atoms with Crippen LogP contribution >= 0.6 is 23.5 Å². The summed E-state index contributed by atoms with van der Waals surface area (Å²) in [7, 11) is -2.09. The van der Waals surface area contributed by atoms with Crippen molar-refractivity contribution in [2.24, 2.45) is 0 Å². The Bertz CT molecular complexity index is 2460. The number of likely N-dealkylation sites (N-methyl/N-ethyl adjacent to an activating group) is 2. The minimum Gasteiger partial charge on any atom is -0.489 e. The van der Waals surface area contributed by atoms with Crippen LogP contribution in [0.4, 0.5) is 22.7 Å². The Balaban J connectivity index is 0.000000261. The van der Waals surface area contributed by atoms with Gasteiger partial charge in [0.25, 0.3) is 0 Å². The van der Waals surface area contributed by atoms with Gasteiger partial charge in [0, 0.05) is 62.8 Å². The zero-order valence-electron chi connectivity index (χ0n) is 41.7. The number of sulfonamides is 2. The molecule has 2 heterocycles. The molecule has 0 spiro atoms. The number of methoxy groups -OCH3 is 2. The minimum absolute atomic E-state index is 0.119. The van der Waals surface area contributed by atoms with Gasteiger partial charge in [-0.15, -0.1) is 23.5 Å². The average molecular weight is 1050 g/mol. The van der Waals surface area contributed by atoms with E-state index in [1.54, 1.807) is 14.1 Å². The number of benzene rings is 4. The first-order chi connectivity index (χ1) is 33.1. The third-order valence-electron chi connectivity index (χ3n) is 12.4. The average Bonchev–Trinajstić information content (AvgIpc) is 3.49. The van der Waals surface area contributed by atoms with Gasteiger partial charge >= 0.3 is 11.9 Å². The first kappa shape index (κ1) is 56.4. The number of hydrogen-bond donors (Lipinski definition) is 2. The summed E-state index contributed by atoms with van der Waals surface area (Å²) < 4.78 is 79.0. The number of fused-ring (bicyclic) bond motifs is 2. The lowest BCUT2D eigenvalue weighted by Crippen LogP contribution is -2.42. The van der Waals surface area contributed by atoms with Crippen LogP contribution in [0.2, 0.25) is 0 Å². The number of ether oxygens (including phenoxy) is 4. The molecule has 0 aliphatic carbocycles. The molecule has 384 valence electrons. The van der Waals surface area contributed by atoms with Crippen molar-refractivity contribution in [3.05, 3.63) is 84.9 Å². The highest BCUT2D eigenvalue weighted by Crippen LogP contribution is 2.45. The molecule has 16 nitrogen and oxygen atoms in total. The Morgan fingerprint density at radius 3 is 1.27 bits per heavy atom. The Kier molecular flexibility index (Phi) is 19.5. The number of unbranched alkanes of at least 4 members (excludes halogenated alkanes) is 2. The second-order valence-electron chi connectivity index (χ2n) is 17.6.